The first-order valence-corrected chi connectivity index (χ1v) is 5.23. The summed E-state index contributed by atoms with van der Waals surface area (Å²) in [5.41, 5.74) is 0. The van der Waals surface area contributed by atoms with Gasteiger partial charge in [0.25, 0.3) is 0 Å². The lowest BCUT2D eigenvalue weighted by Crippen LogP contribution is -2.27. The largest absolute Gasteiger partial charge is 0.396 e. The van der Waals surface area contributed by atoms with Gasteiger partial charge in [-0.1, -0.05) is 18.5 Å². The van der Waals surface area contributed by atoms with Crippen molar-refractivity contribution in [3.63, 3.8) is 0 Å². The van der Waals surface area contributed by atoms with E-state index in [2.05, 4.69) is 20.5 Å². The number of nitrogens with one attached hydrogen (secondary N) is 1. The number of anilines is 1. The van der Waals surface area contributed by atoms with Crippen LogP contribution in [0.2, 0.25) is 10.4 Å². The molecule has 0 aliphatic heterocycles. The molecule has 15 heavy (non-hydrogen) atoms. The highest BCUT2D eigenvalue weighted by molar-refractivity contribution is 6.32. The molecule has 1 aromatic rings. The Balaban J connectivity index is 2.75. The van der Waals surface area contributed by atoms with E-state index in [4.69, 9.17) is 28.3 Å². The topological polar surface area (TPSA) is 70.9 Å². The number of aromatic nitrogens is 3. The molecule has 1 heterocycles. The Bertz CT molecular complexity index is 336. The van der Waals surface area contributed by atoms with Crippen LogP contribution in [0.15, 0.2) is 0 Å². The first-order valence-electron chi connectivity index (χ1n) is 4.47. The molecule has 0 aliphatic carbocycles. The van der Waals surface area contributed by atoms with Gasteiger partial charge < -0.3 is 10.4 Å². The summed E-state index contributed by atoms with van der Waals surface area (Å²) in [6.07, 6.45) is 0. The molecule has 5 nitrogen and oxygen atoms in total. The van der Waals surface area contributed by atoms with Crippen LogP contribution in [0.4, 0.5) is 5.82 Å². The molecule has 0 bridgehead atoms. The van der Waals surface area contributed by atoms with Crippen molar-refractivity contribution >= 4 is 29.0 Å². The number of aliphatic hydroxyl groups excluding tert-OH is 1. The molecule has 1 rings (SSSR count). The zero-order chi connectivity index (χ0) is 11.4. The lowest BCUT2D eigenvalue weighted by molar-refractivity contribution is 0.226. The van der Waals surface area contributed by atoms with Crippen LogP contribution in [0.25, 0.3) is 0 Å². The normalized spacial score (nSPS) is 14.7. The lowest BCUT2D eigenvalue weighted by Gasteiger charge is -2.19. The fourth-order valence-corrected chi connectivity index (χ4v) is 1.16. The molecular formula is C8H12Cl2N4O. The molecule has 0 amide bonds. The fraction of sp³-hybridized carbons (Fsp3) is 0.625. The molecule has 0 spiro atoms. The Morgan fingerprint density at radius 3 is 2.60 bits per heavy atom. The van der Waals surface area contributed by atoms with Gasteiger partial charge in [0.05, 0.1) is 0 Å². The molecule has 0 aromatic carbocycles. The van der Waals surface area contributed by atoms with Crippen LogP contribution in [-0.4, -0.2) is 32.9 Å². The fourth-order valence-electron chi connectivity index (χ4n) is 0.901. The number of hydrogen-bond acceptors (Lipinski definition) is 5. The summed E-state index contributed by atoms with van der Waals surface area (Å²) in [6, 6.07) is 0.0141. The van der Waals surface area contributed by atoms with Gasteiger partial charge in [-0.3, -0.25) is 0 Å². The van der Waals surface area contributed by atoms with Crippen LogP contribution in [0.5, 0.6) is 0 Å². The molecule has 1 aromatic heterocycles. The van der Waals surface area contributed by atoms with E-state index in [-0.39, 0.29) is 29.0 Å². The van der Waals surface area contributed by atoms with Crippen molar-refractivity contribution in [1.29, 1.82) is 0 Å². The minimum Gasteiger partial charge on any atom is -0.396 e. The number of aliphatic hydroxyl groups is 1. The predicted octanol–water partition coefficient (Wildman–Crippen LogP) is 1.61. The second kappa shape index (κ2) is 5.44. The van der Waals surface area contributed by atoms with Gasteiger partial charge in [0, 0.05) is 12.6 Å². The minimum atomic E-state index is 0.0141. The molecule has 84 valence electrons. The van der Waals surface area contributed by atoms with Crippen LogP contribution in [-0.2, 0) is 0 Å². The summed E-state index contributed by atoms with van der Waals surface area (Å²) in [5.74, 6) is 0.458. The first-order chi connectivity index (χ1) is 7.04. The van der Waals surface area contributed by atoms with Gasteiger partial charge in [-0.05, 0) is 24.4 Å². The third-order valence-electron chi connectivity index (χ3n) is 2.13. The van der Waals surface area contributed by atoms with Crippen LogP contribution >= 0.6 is 23.2 Å². The Morgan fingerprint density at radius 1 is 1.33 bits per heavy atom. The Labute approximate surface area is 97.8 Å². The maximum absolute atomic E-state index is 8.96. The van der Waals surface area contributed by atoms with Crippen LogP contribution in [0, 0.1) is 5.92 Å². The average Bonchev–Trinajstić information content (AvgIpc) is 2.22. The summed E-state index contributed by atoms with van der Waals surface area (Å²) in [7, 11) is 0. The molecular weight excluding hydrogens is 239 g/mol. The smallest absolute Gasteiger partial charge is 0.245 e. The third-order valence-corrected chi connectivity index (χ3v) is 2.54. The van der Waals surface area contributed by atoms with E-state index in [9.17, 15) is 0 Å². The zero-order valence-corrected chi connectivity index (χ0v) is 9.92. The average molecular weight is 251 g/mol. The standard InChI is InChI=1S/C8H12Cl2N4O/c1-4(3-15)5(2)11-7-6(9)13-14-8(10)12-7/h4-5,15H,3H2,1-2H3,(H,11,12,14). The van der Waals surface area contributed by atoms with Crippen molar-refractivity contribution in [2.24, 2.45) is 5.92 Å². The maximum atomic E-state index is 8.96. The Kier molecular flexibility index (Phi) is 4.50. The van der Waals surface area contributed by atoms with E-state index in [0.29, 0.717) is 5.82 Å². The molecule has 2 unspecified atom stereocenters. The molecule has 0 radical (unpaired) electrons. The summed E-state index contributed by atoms with van der Waals surface area (Å²) >= 11 is 11.3. The first kappa shape index (κ1) is 12.4. The van der Waals surface area contributed by atoms with Crippen LogP contribution in [0.1, 0.15) is 13.8 Å². The number of hydrogen-bond donors (Lipinski definition) is 2. The Morgan fingerprint density at radius 2 is 2.00 bits per heavy atom. The molecule has 7 heteroatoms. The van der Waals surface area contributed by atoms with Gasteiger partial charge in [-0.25, -0.2) is 0 Å². The van der Waals surface area contributed by atoms with Crippen molar-refractivity contribution in [2.45, 2.75) is 19.9 Å². The second-order valence-electron chi connectivity index (χ2n) is 3.31. The SMILES string of the molecule is CC(CO)C(C)Nc1nc(Cl)nnc1Cl. The summed E-state index contributed by atoms with van der Waals surface area (Å²) in [4.78, 5) is 3.90. The van der Waals surface area contributed by atoms with Gasteiger partial charge in [0.1, 0.15) is 0 Å². The summed E-state index contributed by atoms with van der Waals surface area (Å²) in [6.45, 7) is 3.90. The van der Waals surface area contributed by atoms with E-state index in [0.717, 1.165) is 0 Å². The number of halogens is 2. The number of nitrogens with zero attached hydrogens (tertiary/aromatic N) is 3. The van der Waals surface area contributed by atoms with E-state index < -0.39 is 0 Å². The zero-order valence-electron chi connectivity index (χ0n) is 8.41. The third kappa shape index (κ3) is 3.44. The molecule has 0 saturated carbocycles. The molecule has 0 aliphatic rings. The van der Waals surface area contributed by atoms with Crippen molar-refractivity contribution in [3.8, 4) is 0 Å². The highest BCUT2D eigenvalue weighted by Crippen LogP contribution is 2.19. The van der Waals surface area contributed by atoms with E-state index in [1.807, 2.05) is 13.8 Å². The van der Waals surface area contributed by atoms with E-state index >= 15 is 0 Å². The van der Waals surface area contributed by atoms with Crippen molar-refractivity contribution in [1.82, 2.24) is 15.2 Å². The Hall–Kier alpha value is -0.650. The highest BCUT2D eigenvalue weighted by Gasteiger charge is 2.14. The van der Waals surface area contributed by atoms with Crippen molar-refractivity contribution < 1.29 is 5.11 Å². The van der Waals surface area contributed by atoms with Gasteiger partial charge in [-0.15, -0.1) is 10.2 Å². The lowest BCUT2D eigenvalue weighted by atomic mass is 10.1. The maximum Gasteiger partial charge on any atom is 0.245 e. The highest BCUT2D eigenvalue weighted by atomic mass is 35.5. The van der Waals surface area contributed by atoms with Gasteiger partial charge in [-0.2, -0.15) is 4.98 Å². The predicted molar refractivity (Wildman–Crippen MR) is 59.2 cm³/mol. The van der Waals surface area contributed by atoms with Crippen LogP contribution in [0.3, 0.4) is 0 Å². The number of rotatable bonds is 4. The molecule has 2 atom stereocenters. The van der Waals surface area contributed by atoms with E-state index in [1.54, 1.807) is 0 Å². The molecule has 0 fully saturated rings. The summed E-state index contributed by atoms with van der Waals surface area (Å²) < 4.78 is 0. The van der Waals surface area contributed by atoms with Crippen LogP contribution < -0.4 is 5.32 Å². The second-order valence-corrected chi connectivity index (χ2v) is 4.01. The molecule has 0 saturated heterocycles. The van der Waals surface area contributed by atoms with Crippen molar-refractivity contribution in [2.75, 3.05) is 11.9 Å². The molecule has 2 N–H and O–H groups in total. The minimum absolute atomic E-state index is 0.0141. The van der Waals surface area contributed by atoms with Gasteiger partial charge >= 0.3 is 0 Å². The van der Waals surface area contributed by atoms with Gasteiger partial charge in [0.15, 0.2) is 11.0 Å². The van der Waals surface area contributed by atoms with Gasteiger partial charge in [0.2, 0.25) is 5.28 Å². The monoisotopic (exact) mass is 250 g/mol. The van der Waals surface area contributed by atoms with E-state index in [1.165, 1.54) is 0 Å². The quantitative estimate of drug-likeness (QED) is 0.850. The van der Waals surface area contributed by atoms with Crippen molar-refractivity contribution in [3.05, 3.63) is 10.4 Å². The summed E-state index contributed by atoms with van der Waals surface area (Å²) in [5, 5.41) is 19.3.